The fourth-order valence-electron chi connectivity index (χ4n) is 0.773. The van der Waals surface area contributed by atoms with Crippen molar-refractivity contribution >= 4 is 5.91 Å². The predicted octanol–water partition coefficient (Wildman–Crippen LogP) is 1.23. The average Bonchev–Trinajstić information content (AvgIpc) is 2.03. The van der Waals surface area contributed by atoms with Gasteiger partial charge in [-0.05, 0) is 20.0 Å². The summed E-state index contributed by atoms with van der Waals surface area (Å²) in [5.74, 6) is -0.251. The molecule has 0 unspecified atom stereocenters. The number of hydrogen-bond acceptors (Lipinski definition) is 2. The topological polar surface area (TPSA) is 46.3 Å². The van der Waals surface area contributed by atoms with Gasteiger partial charge in [-0.1, -0.05) is 27.2 Å². The summed E-state index contributed by atoms with van der Waals surface area (Å²) in [6, 6.07) is 0. The molecular formula is C9H22N2O. The summed E-state index contributed by atoms with van der Waals surface area (Å²) < 4.78 is 0. The second-order valence-corrected chi connectivity index (χ2v) is 2.56. The summed E-state index contributed by atoms with van der Waals surface area (Å²) in [5, 5.41) is 0. The molecule has 3 heteroatoms. The Morgan fingerprint density at radius 2 is 1.92 bits per heavy atom. The molecule has 0 aliphatic carbocycles. The van der Waals surface area contributed by atoms with Crippen LogP contribution < -0.4 is 5.73 Å². The monoisotopic (exact) mass is 174 g/mol. The first-order valence-corrected chi connectivity index (χ1v) is 4.63. The van der Waals surface area contributed by atoms with Gasteiger partial charge in [0.25, 0.3) is 0 Å². The smallest absolute Gasteiger partial charge is 0.231 e. The van der Waals surface area contributed by atoms with Crippen molar-refractivity contribution in [2.75, 3.05) is 20.1 Å². The van der Waals surface area contributed by atoms with Crippen LogP contribution in [0, 0.1) is 0 Å². The van der Waals surface area contributed by atoms with E-state index >= 15 is 0 Å². The van der Waals surface area contributed by atoms with Gasteiger partial charge >= 0.3 is 0 Å². The lowest BCUT2D eigenvalue weighted by Gasteiger charge is -2.12. The Hall–Kier alpha value is -0.570. The first-order valence-electron chi connectivity index (χ1n) is 4.63. The fourth-order valence-corrected chi connectivity index (χ4v) is 0.773. The lowest BCUT2D eigenvalue weighted by molar-refractivity contribution is -0.118. The lowest BCUT2D eigenvalue weighted by atomic mass is 10.3. The zero-order chi connectivity index (χ0) is 9.98. The number of primary amides is 1. The second-order valence-electron chi connectivity index (χ2n) is 2.56. The minimum Gasteiger partial charge on any atom is -0.369 e. The van der Waals surface area contributed by atoms with Crippen LogP contribution in [0.15, 0.2) is 0 Å². The summed E-state index contributed by atoms with van der Waals surface area (Å²) in [7, 11) is 1.90. The molecule has 0 radical (unpaired) electrons. The van der Waals surface area contributed by atoms with Crippen LogP contribution in [0.1, 0.15) is 33.6 Å². The third-order valence-corrected chi connectivity index (χ3v) is 1.32. The summed E-state index contributed by atoms with van der Waals surface area (Å²) >= 11 is 0. The molecule has 0 fully saturated rings. The van der Waals surface area contributed by atoms with Gasteiger partial charge in [0.05, 0.1) is 6.54 Å². The number of likely N-dealkylation sites (N-methyl/N-ethyl adjacent to an activating group) is 1. The number of hydrogen-bond donors (Lipinski definition) is 1. The molecule has 3 nitrogen and oxygen atoms in total. The summed E-state index contributed by atoms with van der Waals surface area (Å²) in [5.41, 5.74) is 4.98. The molecule has 0 aromatic carbocycles. The highest BCUT2D eigenvalue weighted by Gasteiger charge is 1.99. The van der Waals surface area contributed by atoms with Crippen LogP contribution in [0.2, 0.25) is 0 Å². The van der Waals surface area contributed by atoms with Crippen LogP contribution in [0.5, 0.6) is 0 Å². The molecule has 0 heterocycles. The number of unbranched alkanes of at least 4 members (excludes halogenated alkanes) is 1. The Morgan fingerprint density at radius 3 is 2.25 bits per heavy atom. The third kappa shape index (κ3) is 12.1. The molecule has 0 saturated heterocycles. The van der Waals surface area contributed by atoms with E-state index < -0.39 is 0 Å². The van der Waals surface area contributed by atoms with Crippen molar-refractivity contribution in [3.8, 4) is 0 Å². The second kappa shape index (κ2) is 10.4. The first-order chi connectivity index (χ1) is 5.66. The Labute approximate surface area is 75.9 Å². The van der Waals surface area contributed by atoms with Crippen LogP contribution in [-0.2, 0) is 4.79 Å². The van der Waals surface area contributed by atoms with Crippen LogP contribution >= 0.6 is 0 Å². The number of carbonyl (C=O) groups is 1. The molecule has 0 rings (SSSR count). The first kappa shape index (κ1) is 14.0. The number of amides is 1. The third-order valence-electron chi connectivity index (χ3n) is 1.32. The van der Waals surface area contributed by atoms with E-state index in [0.717, 1.165) is 19.4 Å². The fraction of sp³-hybridized carbons (Fsp3) is 0.889. The van der Waals surface area contributed by atoms with E-state index in [-0.39, 0.29) is 5.91 Å². The zero-order valence-electron chi connectivity index (χ0n) is 8.76. The molecule has 2 N–H and O–H groups in total. The van der Waals surface area contributed by atoms with E-state index in [1.165, 1.54) is 0 Å². The maximum Gasteiger partial charge on any atom is 0.231 e. The lowest BCUT2D eigenvalue weighted by Crippen LogP contribution is -2.31. The van der Waals surface area contributed by atoms with E-state index in [0.29, 0.717) is 6.54 Å². The van der Waals surface area contributed by atoms with Gasteiger partial charge < -0.3 is 5.73 Å². The van der Waals surface area contributed by atoms with Crippen molar-refractivity contribution in [3.63, 3.8) is 0 Å². The molecule has 12 heavy (non-hydrogen) atoms. The van der Waals surface area contributed by atoms with Gasteiger partial charge in [-0.3, -0.25) is 9.69 Å². The highest BCUT2D eigenvalue weighted by molar-refractivity contribution is 5.75. The molecule has 0 atom stereocenters. The van der Waals surface area contributed by atoms with Crippen molar-refractivity contribution in [1.82, 2.24) is 4.90 Å². The van der Waals surface area contributed by atoms with Gasteiger partial charge in [-0.15, -0.1) is 0 Å². The van der Waals surface area contributed by atoms with Crippen LogP contribution in [-0.4, -0.2) is 30.9 Å². The quantitative estimate of drug-likeness (QED) is 0.681. The summed E-state index contributed by atoms with van der Waals surface area (Å²) in [6.45, 7) is 7.46. The van der Waals surface area contributed by atoms with Gasteiger partial charge in [0, 0.05) is 0 Å². The number of nitrogens with two attached hydrogens (primary N) is 1. The molecule has 74 valence electrons. The van der Waals surface area contributed by atoms with Crippen molar-refractivity contribution in [2.24, 2.45) is 5.73 Å². The van der Waals surface area contributed by atoms with Crippen LogP contribution in [0.3, 0.4) is 0 Å². The Morgan fingerprint density at radius 1 is 1.42 bits per heavy atom. The molecule has 0 saturated carbocycles. The highest BCUT2D eigenvalue weighted by Crippen LogP contribution is 1.89. The normalized spacial score (nSPS) is 9.08. The molecule has 1 amide bonds. The van der Waals surface area contributed by atoms with E-state index in [1.807, 2.05) is 25.8 Å². The van der Waals surface area contributed by atoms with Crippen molar-refractivity contribution in [3.05, 3.63) is 0 Å². The van der Waals surface area contributed by atoms with Gasteiger partial charge in [-0.2, -0.15) is 0 Å². The van der Waals surface area contributed by atoms with E-state index in [4.69, 9.17) is 5.73 Å². The van der Waals surface area contributed by atoms with E-state index in [2.05, 4.69) is 6.92 Å². The van der Waals surface area contributed by atoms with Gasteiger partial charge in [-0.25, -0.2) is 0 Å². The minimum atomic E-state index is -0.251. The highest BCUT2D eigenvalue weighted by atomic mass is 16.1. The van der Waals surface area contributed by atoms with E-state index in [1.54, 1.807) is 0 Å². The standard InChI is InChI=1S/C7H16N2O.C2H6/c1-3-4-5-9(2)6-7(8)10;1-2/h3-6H2,1-2H3,(H2,8,10);1-2H3. The maximum atomic E-state index is 10.4. The minimum absolute atomic E-state index is 0.251. The molecule has 0 aliphatic rings. The Balaban J connectivity index is 0. The van der Waals surface area contributed by atoms with E-state index in [9.17, 15) is 4.79 Å². The Bertz CT molecular complexity index is 105. The molecule has 0 aliphatic heterocycles. The number of rotatable bonds is 5. The van der Waals surface area contributed by atoms with Gasteiger partial charge in [0.15, 0.2) is 0 Å². The zero-order valence-corrected chi connectivity index (χ0v) is 8.76. The summed E-state index contributed by atoms with van der Waals surface area (Å²) in [4.78, 5) is 12.3. The number of carbonyl (C=O) groups excluding carboxylic acids is 1. The molecule has 0 aromatic heterocycles. The van der Waals surface area contributed by atoms with Crippen molar-refractivity contribution in [1.29, 1.82) is 0 Å². The average molecular weight is 174 g/mol. The van der Waals surface area contributed by atoms with Gasteiger partial charge in [0.1, 0.15) is 0 Å². The molecule has 0 bridgehead atoms. The molecular weight excluding hydrogens is 152 g/mol. The Kier molecular flexibility index (Phi) is 12.2. The number of nitrogens with zero attached hydrogens (tertiary/aromatic N) is 1. The van der Waals surface area contributed by atoms with Gasteiger partial charge in [0.2, 0.25) is 5.91 Å². The largest absolute Gasteiger partial charge is 0.369 e. The van der Waals surface area contributed by atoms with Crippen molar-refractivity contribution in [2.45, 2.75) is 33.6 Å². The van der Waals surface area contributed by atoms with Crippen LogP contribution in [0.4, 0.5) is 0 Å². The predicted molar refractivity (Wildman–Crippen MR) is 52.9 cm³/mol. The van der Waals surface area contributed by atoms with Crippen LogP contribution in [0.25, 0.3) is 0 Å². The molecule has 0 aromatic rings. The molecule has 0 spiro atoms. The van der Waals surface area contributed by atoms with Crippen molar-refractivity contribution < 1.29 is 4.79 Å². The summed E-state index contributed by atoms with van der Waals surface area (Å²) in [6.07, 6.45) is 2.28. The SMILES string of the molecule is CC.CCCCN(C)CC(N)=O. The maximum absolute atomic E-state index is 10.4.